The van der Waals surface area contributed by atoms with E-state index in [0.29, 0.717) is 15.4 Å². The maximum Gasteiger partial charge on any atom is 0.216 e. The van der Waals surface area contributed by atoms with Crippen LogP contribution < -0.4 is 5.11 Å². The third kappa shape index (κ3) is 5.15. The molecule has 1 heterocycles. The molecule has 0 bridgehead atoms. The summed E-state index contributed by atoms with van der Waals surface area (Å²) in [5.74, 6) is -0.150. The average molecular weight is 337 g/mol. The van der Waals surface area contributed by atoms with Crippen molar-refractivity contribution in [2.75, 3.05) is 0 Å². The fourth-order valence-electron chi connectivity index (χ4n) is 1.07. The largest absolute Gasteiger partial charge is 2.00 e. The van der Waals surface area contributed by atoms with Gasteiger partial charge in [0.15, 0.2) is 0 Å². The Labute approximate surface area is 130 Å². The third-order valence-corrected chi connectivity index (χ3v) is 2.34. The zero-order valence-electron chi connectivity index (χ0n) is 9.19. The van der Waals surface area contributed by atoms with Gasteiger partial charge in [-0.2, -0.15) is 14.9 Å². The number of aromatic amines is 1. The van der Waals surface area contributed by atoms with Crippen molar-refractivity contribution in [3.63, 3.8) is 0 Å². The van der Waals surface area contributed by atoms with Crippen molar-refractivity contribution < 1.29 is 34.6 Å². The molecule has 2 rings (SSSR count). The van der Waals surface area contributed by atoms with Crippen LogP contribution in [0.25, 0.3) is 0 Å². The molecule has 0 amide bonds. The van der Waals surface area contributed by atoms with Gasteiger partial charge in [0.1, 0.15) is 6.33 Å². The summed E-state index contributed by atoms with van der Waals surface area (Å²) in [6, 6.07) is 4.46. The standard InChI is InChI=1S/C9H7ClN4OS.2O.V/c10-7-1-2-8(15)6(3-7)4-12-14-5-11-13-9(14)16;;;/h1-5,15H,(H,13,16);;;/q;2*-2;/p-1/b12-4+;;;. The molecule has 19 heavy (non-hydrogen) atoms. The topological polar surface area (TPSA) is 126 Å². The number of H-pyrrole nitrogens is 1. The summed E-state index contributed by atoms with van der Waals surface area (Å²) in [7, 11) is 0. The van der Waals surface area contributed by atoms with Crippen LogP contribution in [0.2, 0.25) is 5.02 Å². The van der Waals surface area contributed by atoms with E-state index in [4.69, 9.17) is 23.8 Å². The predicted octanol–water partition coefficient (Wildman–Crippen LogP) is 1.31. The van der Waals surface area contributed by atoms with Crippen molar-refractivity contribution in [3.8, 4) is 5.75 Å². The Hall–Kier alpha value is -1.16. The van der Waals surface area contributed by atoms with Crippen molar-refractivity contribution in [2.45, 2.75) is 0 Å². The fraction of sp³-hybridized carbons (Fsp3) is 0. The van der Waals surface area contributed by atoms with Gasteiger partial charge in [-0.3, -0.25) is 5.10 Å². The van der Waals surface area contributed by atoms with Gasteiger partial charge in [-0.1, -0.05) is 23.4 Å². The van der Waals surface area contributed by atoms with Crippen LogP contribution in [0.5, 0.6) is 5.75 Å². The molecule has 10 heteroatoms. The minimum Gasteiger partial charge on any atom is -2.00 e. The Bertz CT molecular complexity index is 601. The molecule has 103 valence electrons. The second-order valence-electron chi connectivity index (χ2n) is 2.93. The normalized spacial score (nSPS) is 9.32. The Morgan fingerprint density at radius 3 is 2.68 bits per heavy atom. The quantitative estimate of drug-likeness (QED) is 0.656. The molecular formula is C9H6ClN4O3SV-5. The van der Waals surface area contributed by atoms with Crippen LogP contribution in [0, 0.1) is 4.77 Å². The van der Waals surface area contributed by atoms with Crippen molar-refractivity contribution in [3.05, 3.63) is 39.9 Å². The first-order chi connectivity index (χ1) is 7.66. The molecule has 0 spiro atoms. The fourth-order valence-corrected chi connectivity index (χ4v) is 1.40. The first-order valence-electron chi connectivity index (χ1n) is 4.30. The van der Waals surface area contributed by atoms with E-state index in [0.717, 1.165) is 0 Å². The maximum atomic E-state index is 11.4. The van der Waals surface area contributed by atoms with Crippen LogP contribution in [-0.2, 0) is 29.5 Å². The van der Waals surface area contributed by atoms with Crippen molar-refractivity contribution in [1.82, 2.24) is 14.9 Å². The van der Waals surface area contributed by atoms with Gasteiger partial charge in [-0.25, -0.2) is 0 Å². The summed E-state index contributed by atoms with van der Waals surface area (Å²) in [6.45, 7) is 0. The molecule has 0 fully saturated rings. The zero-order chi connectivity index (χ0) is 11.5. The van der Waals surface area contributed by atoms with Gasteiger partial charge in [0.25, 0.3) is 0 Å². The number of rotatable bonds is 2. The van der Waals surface area contributed by atoms with Gasteiger partial charge in [0, 0.05) is 23.6 Å². The van der Waals surface area contributed by atoms with E-state index in [2.05, 4.69) is 15.3 Å². The molecule has 1 aromatic carbocycles. The van der Waals surface area contributed by atoms with Crippen LogP contribution in [0.4, 0.5) is 0 Å². The second-order valence-corrected chi connectivity index (χ2v) is 3.76. The first kappa shape index (κ1) is 20.2. The van der Waals surface area contributed by atoms with Crippen LogP contribution in [-0.4, -0.2) is 21.1 Å². The maximum absolute atomic E-state index is 11.4. The van der Waals surface area contributed by atoms with Gasteiger partial charge >= 0.3 is 0 Å². The number of nitrogens with one attached hydrogen (secondary N) is 1. The summed E-state index contributed by atoms with van der Waals surface area (Å²) in [5.41, 5.74) is 0.399. The van der Waals surface area contributed by atoms with Crippen molar-refractivity contribution >= 4 is 30.0 Å². The van der Waals surface area contributed by atoms with E-state index in [1.54, 1.807) is 0 Å². The van der Waals surface area contributed by atoms with E-state index in [1.165, 1.54) is 35.4 Å². The molecule has 2 aromatic rings. The minimum absolute atomic E-state index is 0. The van der Waals surface area contributed by atoms with Gasteiger partial charge in [0.05, 0.1) is 6.21 Å². The van der Waals surface area contributed by atoms with Crippen LogP contribution >= 0.6 is 23.8 Å². The number of hydrogen-bond donors (Lipinski definition) is 1. The van der Waals surface area contributed by atoms with Gasteiger partial charge in [-0.05, 0) is 29.9 Å². The molecular weight excluding hydrogens is 331 g/mol. The van der Waals surface area contributed by atoms with E-state index in [1.807, 2.05) is 0 Å². The van der Waals surface area contributed by atoms with Gasteiger partial charge in [0.2, 0.25) is 4.77 Å². The van der Waals surface area contributed by atoms with Gasteiger partial charge < -0.3 is 16.1 Å². The van der Waals surface area contributed by atoms with Crippen molar-refractivity contribution in [2.24, 2.45) is 5.10 Å². The summed E-state index contributed by atoms with van der Waals surface area (Å²) >= 11 is 10.6. The molecule has 0 unspecified atom stereocenters. The van der Waals surface area contributed by atoms with Crippen LogP contribution in [0.3, 0.4) is 0 Å². The molecule has 0 aliphatic rings. The van der Waals surface area contributed by atoms with Crippen LogP contribution in [0.1, 0.15) is 5.56 Å². The summed E-state index contributed by atoms with van der Waals surface area (Å²) < 4.78 is 1.70. The summed E-state index contributed by atoms with van der Waals surface area (Å²) in [5, 5.41) is 22.1. The van der Waals surface area contributed by atoms with Gasteiger partial charge in [-0.15, -0.1) is 0 Å². The summed E-state index contributed by atoms with van der Waals surface area (Å²) in [4.78, 5) is 0. The molecule has 1 N–H and O–H groups in total. The van der Waals surface area contributed by atoms with E-state index < -0.39 is 0 Å². The van der Waals surface area contributed by atoms with E-state index in [-0.39, 0.29) is 35.3 Å². The molecule has 0 aliphatic heterocycles. The Kier molecular flexibility index (Phi) is 9.41. The first-order valence-corrected chi connectivity index (χ1v) is 5.08. The van der Waals surface area contributed by atoms with Crippen molar-refractivity contribution in [1.29, 1.82) is 0 Å². The molecule has 0 atom stereocenters. The Balaban J connectivity index is 0. The SMILES string of the molecule is [O-2].[O-2].[O-]c1ccc(Cl)cc1/C=N/n1cn[nH]c1=S.[V]. The average Bonchev–Trinajstić information content (AvgIpc) is 2.66. The molecule has 0 aliphatic carbocycles. The number of aromatic nitrogens is 3. The molecule has 0 saturated heterocycles. The Morgan fingerprint density at radius 1 is 1.42 bits per heavy atom. The number of benzene rings is 1. The molecule has 1 aromatic heterocycles. The monoisotopic (exact) mass is 336 g/mol. The number of nitrogens with zero attached hydrogens (tertiary/aromatic N) is 3. The number of hydrogen-bond acceptors (Lipinski definition) is 4. The van der Waals surface area contributed by atoms with Crippen LogP contribution in [0.15, 0.2) is 29.6 Å². The zero-order valence-corrected chi connectivity index (χ0v) is 12.2. The number of halogens is 1. The predicted molar refractivity (Wildman–Crippen MR) is 62.7 cm³/mol. The molecule has 0 saturated carbocycles. The second kappa shape index (κ2) is 8.86. The van der Waals surface area contributed by atoms with E-state index >= 15 is 0 Å². The smallest absolute Gasteiger partial charge is 0.216 e. The molecule has 1 radical (unpaired) electrons. The van der Waals surface area contributed by atoms with E-state index in [9.17, 15) is 5.11 Å². The minimum atomic E-state index is -0.150. The molecule has 7 nitrogen and oxygen atoms in total. The Morgan fingerprint density at radius 2 is 2.11 bits per heavy atom. The third-order valence-electron chi connectivity index (χ3n) is 1.83. The summed E-state index contributed by atoms with van der Waals surface area (Å²) in [6.07, 6.45) is 2.80.